The largest absolute Gasteiger partial charge is 0.479 e. The molecule has 1 unspecified atom stereocenters. The number of anilines is 2. The molecule has 0 aliphatic carbocycles. The Labute approximate surface area is 168 Å². The van der Waals surface area contributed by atoms with Crippen LogP contribution < -0.4 is 15.0 Å². The van der Waals surface area contributed by atoms with Crippen molar-refractivity contribution in [3.8, 4) is 5.75 Å². The van der Waals surface area contributed by atoms with Crippen LogP contribution in [0, 0.1) is 5.92 Å². The Morgan fingerprint density at radius 3 is 2.57 bits per heavy atom. The minimum absolute atomic E-state index is 0.00383. The second kappa shape index (κ2) is 9.41. The van der Waals surface area contributed by atoms with Crippen LogP contribution in [0.5, 0.6) is 5.75 Å². The van der Waals surface area contributed by atoms with Gasteiger partial charge in [-0.15, -0.1) is 0 Å². The Hall–Kier alpha value is -2.08. The van der Waals surface area contributed by atoms with E-state index in [2.05, 4.69) is 10.2 Å². The molecular formula is C22H33N3O3. The molecular weight excluding hydrogens is 354 g/mol. The first-order valence-electron chi connectivity index (χ1n) is 10.7. The van der Waals surface area contributed by atoms with E-state index < -0.39 is 6.10 Å². The average Bonchev–Trinajstić information content (AvgIpc) is 2.70. The molecule has 154 valence electrons. The molecule has 2 aliphatic heterocycles. The number of nitrogens with one attached hydrogen (secondary N) is 1. The molecule has 1 N–H and O–H groups in total. The van der Waals surface area contributed by atoms with Crippen molar-refractivity contribution in [1.82, 2.24) is 4.90 Å². The summed E-state index contributed by atoms with van der Waals surface area (Å²) in [6.07, 6.45) is 4.90. The predicted octanol–water partition coefficient (Wildman–Crippen LogP) is 3.66. The maximum Gasteiger partial charge on any atom is 0.267 e. The third-order valence-electron chi connectivity index (χ3n) is 5.88. The van der Waals surface area contributed by atoms with Gasteiger partial charge in [0, 0.05) is 24.7 Å². The average molecular weight is 388 g/mol. The van der Waals surface area contributed by atoms with Gasteiger partial charge in [-0.25, -0.2) is 0 Å². The number of carbonyl (C=O) groups is 2. The van der Waals surface area contributed by atoms with Crippen LogP contribution in [0.2, 0.25) is 0 Å². The monoisotopic (exact) mass is 387 g/mol. The van der Waals surface area contributed by atoms with Crippen molar-refractivity contribution >= 4 is 23.2 Å². The normalized spacial score (nSPS) is 20.1. The minimum atomic E-state index is -0.487. The van der Waals surface area contributed by atoms with E-state index >= 15 is 0 Å². The maximum absolute atomic E-state index is 12.8. The molecule has 1 aromatic carbocycles. The summed E-state index contributed by atoms with van der Waals surface area (Å²) in [5.74, 6) is 0.713. The number of hydrogen-bond acceptors (Lipinski definition) is 4. The molecule has 1 saturated heterocycles. The van der Waals surface area contributed by atoms with Crippen molar-refractivity contribution in [2.24, 2.45) is 5.92 Å². The topological polar surface area (TPSA) is 61.9 Å². The Morgan fingerprint density at radius 1 is 1.18 bits per heavy atom. The van der Waals surface area contributed by atoms with E-state index in [1.807, 2.05) is 36.9 Å². The minimum Gasteiger partial charge on any atom is -0.479 e. The lowest BCUT2D eigenvalue weighted by Crippen LogP contribution is -2.48. The summed E-state index contributed by atoms with van der Waals surface area (Å²) in [5.41, 5.74) is 1.46. The van der Waals surface area contributed by atoms with Crippen molar-refractivity contribution in [2.45, 2.75) is 59.0 Å². The molecule has 0 spiro atoms. The van der Waals surface area contributed by atoms with Crippen LogP contribution in [0.15, 0.2) is 18.2 Å². The fourth-order valence-corrected chi connectivity index (χ4v) is 4.04. The van der Waals surface area contributed by atoms with Gasteiger partial charge in [0.2, 0.25) is 5.91 Å². The molecule has 1 fully saturated rings. The number of likely N-dealkylation sites (tertiary alicyclic amines) is 1. The zero-order valence-corrected chi connectivity index (χ0v) is 17.4. The van der Waals surface area contributed by atoms with E-state index in [4.69, 9.17) is 4.74 Å². The van der Waals surface area contributed by atoms with Gasteiger partial charge in [0.1, 0.15) is 5.75 Å². The summed E-state index contributed by atoms with van der Waals surface area (Å²) >= 11 is 0. The van der Waals surface area contributed by atoms with Gasteiger partial charge in [0.05, 0.1) is 5.69 Å². The molecule has 6 heteroatoms. The zero-order chi connectivity index (χ0) is 20.1. The van der Waals surface area contributed by atoms with E-state index in [9.17, 15) is 9.59 Å². The number of nitrogens with zero attached hydrogens (tertiary/aromatic N) is 2. The van der Waals surface area contributed by atoms with Crippen LogP contribution in [-0.2, 0) is 9.59 Å². The third kappa shape index (κ3) is 4.66. The molecule has 0 saturated carbocycles. The van der Waals surface area contributed by atoms with Crippen LogP contribution in [0.4, 0.5) is 11.4 Å². The summed E-state index contributed by atoms with van der Waals surface area (Å²) < 4.78 is 5.80. The van der Waals surface area contributed by atoms with Crippen molar-refractivity contribution < 1.29 is 14.3 Å². The lowest BCUT2D eigenvalue weighted by Gasteiger charge is -2.35. The molecule has 0 bridgehead atoms. The van der Waals surface area contributed by atoms with Crippen LogP contribution in [-0.4, -0.2) is 49.0 Å². The van der Waals surface area contributed by atoms with Crippen LogP contribution in [0.3, 0.4) is 0 Å². The van der Waals surface area contributed by atoms with Gasteiger partial charge in [-0.1, -0.05) is 20.3 Å². The second-order valence-corrected chi connectivity index (χ2v) is 7.84. The number of amides is 2. The quantitative estimate of drug-likeness (QED) is 0.776. The highest BCUT2D eigenvalue weighted by Crippen LogP contribution is 2.36. The van der Waals surface area contributed by atoms with Gasteiger partial charge >= 0.3 is 0 Å². The standard InChI is InChI=1S/C22H33N3O3/c1-4-17(5-2)21(26)23-18-9-10-20-19(15-18)25(22(27)16(3)28-20)14-13-24-11-7-6-8-12-24/h9-10,15-17H,4-8,11-14H2,1-3H3,(H,23,26). The van der Waals surface area contributed by atoms with E-state index in [1.54, 1.807) is 6.92 Å². The Bertz CT molecular complexity index is 696. The molecule has 0 aromatic heterocycles. The number of fused-ring (bicyclic) bond motifs is 1. The van der Waals surface area contributed by atoms with E-state index in [0.29, 0.717) is 18.0 Å². The molecule has 2 heterocycles. The maximum atomic E-state index is 12.8. The van der Waals surface area contributed by atoms with Crippen molar-refractivity contribution in [3.63, 3.8) is 0 Å². The SMILES string of the molecule is CCC(CC)C(=O)Nc1ccc2c(c1)N(CCN1CCCCC1)C(=O)C(C)O2. The fraction of sp³-hybridized carbons (Fsp3) is 0.636. The Kier molecular flexibility index (Phi) is 6.94. The molecule has 6 nitrogen and oxygen atoms in total. The van der Waals surface area contributed by atoms with Crippen molar-refractivity contribution in [1.29, 1.82) is 0 Å². The molecule has 1 aromatic rings. The lowest BCUT2D eigenvalue weighted by molar-refractivity contribution is -0.125. The zero-order valence-electron chi connectivity index (χ0n) is 17.4. The number of rotatable bonds is 7. The molecule has 1 atom stereocenters. The van der Waals surface area contributed by atoms with Gasteiger partial charge in [-0.2, -0.15) is 0 Å². The van der Waals surface area contributed by atoms with E-state index in [0.717, 1.165) is 38.2 Å². The van der Waals surface area contributed by atoms with E-state index in [1.165, 1.54) is 19.3 Å². The number of hydrogen-bond donors (Lipinski definition) is 1. The fourth-order valence-electron chi connectivity index (χ4n) is 4.04. The summed E-state index contributed by atoms with van der Waals surface area (Å²) in [6.45, 7) is 9.56. The van der Waals surface area contributed by atoms with Crippen LogP contribution >= 0.6 is 0 Å². The number of carbonyl (C=O) groups excluding carboxylic acids is 2. The van der Waals surface area contributed by atoms with Gasteiger partial charge in [-0.3, -0.25) is 9.59 Å². The Morgan fingerprint density at radius 2 is 1.89 bits per heavy atom. The predicted molar refractivity (Wildman–Crippen MR) is 112 cm³/mol. The molecule has 0 radical (unpaired) electrons. The first-order valence-corrected chi connectivity index (χ1v) is 10.7. The number of ether oxygens (including phenoxy) is 1. The highest BCUT2D eigenvalue weighted by atomic mass is 16.5. The summed E-state index contributed by atoms with van der Waals surface area (Å²) in [6, 6.07) is 5.58. The molecule has 3 rings (SSSR count). The first-order chi connectivity index (χ1) is 13.5. The summed E-state index contributed by atoms with van der Waals surface area (Å²) in [7, 11) is 0. The van der Waals surface area contributed by atoms with Crippen molar-refractivity contribution in [2.75, 3.05) is 36.4 Å². The third-order valence-corrected chi connectivity index (χ3v) is 5.88. The smallest absolute Gasteiger partial charge is 0.267 e. The van der Waals surface area contributed by atoms with E-state index in [-0.39, 0.29) is 17.7 Å². The molecule has 28 heavy (non-hydrogen) atoms. The molecule has 2 aliphatic rings. The van der Waals surface area contributed by atoms with Crippen LogP contribution in [0.1, 0.15) is 52.9 Å². The van der Waals surface area contributed by atoms with Crippen molar-refractivity contribution in [3.05, 3.63) is 18.2 Å². The number of benzene rings is 1. The molecule has 2 amide bonds. The highest BCUT2D eigenvalue weighted by Gasteiger charge is 2.32. The van der Waals surface area contributed by atoms with Gasteiger partial charge in [0.25, 0.3) is 5.91 Å². The highest BCUT2D eigenvalue weighted by molar-refractivity contribution is 6.01. The lowest BCUT2D eigenvalue weighted by atomic mass is 10.0. The Balaban J connectivity index is 1.76. The second-order valence-electron chi connectivity index (χ2n) is 7.84. The van der Waals surface area contributed by atoms with Crippen LogP contribution in [0.25, 0.3) is 0 Å². The summed E-state index contributed by atoms with van der Waals surface area (Å²) in [5, 5.41) is 3.00. The van der Waals surface area contributed by atoms with Gasteiger partial charge in [-0.05, 0) is 63.9 Å². The van der Waals surface area contributed by atoms with Gasteiger partial charge < -0.3 is 19.9 Å². The summed E-state index contributed by atoms with van der Waals surface area (Å²) in [4.78, 5) is 29.5. The number of piperidine rings is 1. The van der Waals surface area contributed by atoms with Gasteiger partial charge in [0.15, 0.2) is 6.10 Å². The first kappa shape index (κ1) is 20.6.